The van der Waals surface area contributed by atoms with Crippen molar-refractivity contribution in [3.63, 3.8) is 0 Å². The van der Waals surface area contributed by atoms with Crippen LogP contribution in [0, 0.1) is 5.92 Å². The van der Waals surface area contributed by atoms with Crippen LogP contribution in [0.25, 0.3) is 22.4 Å². The van der Waals surface area contributed by atoms with E-state index in [0.29, 0.717) is 36.4 Å². The van der Waals surface area contributed by atoms with Gasteiger partial charge in [0.05, 0.1) is 13.7 Å². The Morgan fingerprint density at radius 1 is 1.26 bits per heavy atom. The van der Waals surface area contributed by atoms with Gasteiger partial charge in [-0.15, -0.1) is 0 Å². The number of benzene rings is 1. The number of halogens is 3. The third-order valence-electron chi connectivity index (χ3n) is 6.53. The lowest BCUT2D eigenvalue weighted by Crippen LogP contribution is -2.39. The lowest BCUT2D eigenvalue weighted by molar-refractivity contribution is -0.140. The molecule has 1 aliphatic rings. The number of amides is 1. The molecule has 0 atom stereocenters. The van der Waals surface area contributed by atoms with Gasteiger partial charge in [0, 0.05) is 36.0 Å². The number of alkyl halides is 3. The fraction of sp³-hybridized carbons (Fsp3) is 0.333. The number of nitrogens with two attached hydrogens (primary N) is 2. The number of ether oxygens (including phenoxy) is 1. The molecular weight excluding hydrogens is 513 g/mol. The van der Waals surface area contributed by atoms with Gasteiger partial charge in [-0.2, -0.15) is 13.2 Å². The third-order valence-corrected chi connectivity index (χ3v) is 6.53. The molecule has 1 amide bonds. The number of oxazole rings is 1. The minimum absolute atomic E-state index is 0.00255. The Morgan fingerprint density at radius 2 is 2.00 bits per heavy atom. The van der Waals surface area contributed by atoms with Crippen LogP contribution in [-0.4, -0.2) is 47.2 Å². The summed E-state index contributed by atoms with van der Waals surface area (Å²) in [6, 6.07) is 5.24. The zero-order valence-corrected chi connectivity index (χ0v) is 21.4. The largest absolute Gasteiger partial charge is 0.494 e. The van der Waals surface area contributed by atoms with Gasteiger partial charge in [-0.1, -0.05) is 6.58 Å². The molecule has 1 saturated heterocycles. The molecule has 206 valence electrons. The summed E-state index contributed by atoms with van der Waals surface area (Å²) in [7, 11) is 1.34. The van der Waals surface area contributed by atoms with E-state index in [0.717, 1.165) is 24.6 Å². The lowest BCUT2D eigenvalue weighted by atomic mass is 9.92. The predicted octanol–water partition coefficient (Wildman–Crippen LogP) is 4.68. The maximum Gasteiger partial charge on any atom is 0.433 e. The van der Waals surface area contributed by atoms with Gasteiger partial charge in [0.25, 0.3) is 5.91 Å². The van der Waals surface area contributed by atoms with Crippen molar-refractivity contribution in [2.45, 2.75) is 32.0 Å². The number of aromatic nitrogens is 2. The van der Waals surface area contributed by atoms with Gasteiger partial charge >= 0.3 is 6.18 Å². The zero-order chi connectivity index (χ0) is 28.2. The number of pyridine rings is 1. The molecule has 4 N–H and O–H groups in total. The van der Waals surface area contributed by atoms with Crippen LogP contribution in [0.3, 0.4) is 0 Å². The number of fused-ring (bicyclic) bond motifs is 1. The first-order chi connectivity index (χ1) is 18.7. The van der Waals surface area contributed by atoms with Crippen molar-refractivity contribution in [2.75, 3.05) is 20.2 Å². The van der Waals surface area contributed by atoms with Crippen molar-refractivity contribution >= 4 is 23.0 Å². The van der Waals surface area contributed by atoms with Gasteiger partial charge in [-0.3, -0.25) is 9.79 Å². The molecule has 0 aliphatic carbocycles. The Kier molecular flexibility index (Phi) is 8.34. The molecule has 39 heavy (non-hydrogen) atoms. The monoisotopic (exact) mass is 542 g/mol. The SMILES string of the molecule is C=C(CC1CCN(C(=O)c2nc(-c3ccc(OC)c4nc(C(F)(F)F)ccc34)oc2CN)CC1)/N=C\C=C/N. The highest BCUT2D eigenvalue weighted by atomic mass is 19.4. The summed E-state index contributed by atoms with van der Waals surface area (Å²) in [5, 5.41) is 0.330. The van der Waals surface area contributed by atoms with Crippen LogP contribution in [0.1, 0.15) is 41.2 Å². The van der Waals surface area contributed by atoms with E-state index in [4.69, 9.17) is 20.6 Å². The number of hydrogen-bond donors (Lipinski definition) is 2. The summed E-state index contributed by atoms with van der Waals surface area (Å²) in [6.45, 7) is 4.93. The van der Waals surface area contributed by atoms with Crippen LogP contribution in [0.2, 0.25) is 0 Å². The van der Waals surface area contributed by atoms with E-state index in [1.54, 1.807) is 23.3 Å². The van der Waals surface area contributed by atoms with Crippen LogP contribution in [0.4, 0.5) is 13.2 Å². The van der Waals surface area contributed by atoms with Crippen LogP contribution in [-0.2, 0) is 12.7 Å². The average molecular weight is 543 g/mol. The first kappa shape index (κ1) is 27.8. The Bertz CT molecular complexity index is 1420. The number of carbonyl (C=O) groups is 1. The highest BCUT2D eigenvalue weighted by Gasteiger charge is 2.33. The quantitative estimate of drug-likeness (QED) is 0.395. The number of nitrogens with zero attached hydrogens (tertiary/aromatic N) is 4. The number of piperidine rings is 1. The van der Waals surface area contributed by atoms with Crippen LogP contribution in [0.5, 0.6) is 5.75 Å². The van der Waals surface area contributed by atoms with E-state index in [1.807, 2.05) is 0 Å². The van der Waals surface area contributed by atoms with Gasteiger partial charge in [0.1, 0.15) is 17.0 Å². The smallest absolute Gasteiger partial charge is 0.433 e. The van der Waals surface area contributed by atoms with E-state index in [2.05, 4.69) is 21.5 Å². The number of aliphatic imine (C=N–C) groups is 1. The number of likely N-dealkylation sites (tertiary alicyclic amines) is 1. The topological polar surface area (TPSA) is 133 Å². The summed E-state index contributed by atoms with van der Waals surface area (Å²) in [5.74, 6) is 0.431. The van der Waals surface area contributed by atoms with Crippen LogP contribution in [0.15, 0.2) is 58.2 Å². The minimum atomic E-state index is -4.62. The molecule has 0 spiro atoms. The molecule has 2 aromatic heterocycles. The Morgan fingerprint density at radius 3 is 2.64 bits per heavy atom. The van der Waals surface area contributed by atoms with Gasteiger partial charge < -0.3 is 25.5 Å². The van der Waals surface area contributed by atoms with Crippen molar-refractivity contribution in [1.82, 2.24) is 14.9 Å². The Balaban J connectivity index is 1.56. The summed E-state index contributed by atoms with van der Waals surface area (Å²) in [4.78, 5) is 27.5. The third kappa shape index (κ3) is 6.11. The number of hydrogen-bond acceptors (Lipinski definition) is 8. The van der Waals surface area contributed by atoms with E-state index in [-0.39, 0.29) is 41.1 Å². The molecule has 9 nitrogen and oxygen atoms in total. The van der Waals surface area contributed by atoms with Crippen LogP contribution < -0.4 is 16.2 Å². The fourth-order valence-corrected chi connectivity index (χ4v) is 4.55. The second kappa shape index (κ2) is 11.7. The molecule has 0 saturated carbocycles. The van der Waals surface area contributed by atoms with Crippen LogP contribution >= 0.6 is 0 Å². The number of carbonyl (C=O) groups excluding carboxylic acids is 1. The summed E-state index contributed by atoms with van der Waals surface area (Å²) >= 11 is 0. The first-order valence-electron chi connectivity index (χ1n) is 12.3. The highest BCUT2D eigenvalue weighted by molar-refractivity contribution is 5.98. The van der Waals surface area contributed by atoms with E-state index >= 15 is 0 Å². The second-order valence-corrected chi connectivity index (χ2v) is 9.07. The summed E-state index contributed by atoms with van der Waals surface area (Å²) in [5.41, 5.74) is 11.3. The molecular formula is C27H29F3N6O3. The van der Waals surface area contributed by atoms with Crippen molar-refractivity contribution in [2.24, 2.45) is 22.4 Å². The molecule has 3 aromatic rings. The van der Waals surface area contributed by atoms with Gasteiger partial charge in [-0.25, -0.2) is 9.97 Å². The molecule has 12 heteroatoms. The molecule has 0 bridgehead atoms. The number of rotatable bonds is 8. The molecule has 0 radical (unpaired) electrons. The Labute approximate surface area is 223 Å². The Hall–Kier alpha value is -4.19. The second-order valence-electron chi connectivity index (χ2n) is 9.07. The number of methoxy groups -OCH3 is 1. The predicted molar refractivity (Wildman–Crippen MR) is 141 cm³/mol. The summed E-state index contributed by atoms with van der Waals surface area (Å²) < 4.78 is 50.9. The minimum Gasteiger partial charge on any atom is -0.494 e. The lowest BCUT2D eigenvalue weighted by Gasteiger charge is -2.31. The van der Waals surface area contributed by atoms with E-state index in [1.165, 1.54) is 25.4 Å². The summed E-state index contributed by atoms with van der Waals surface area (Å²) in [6.07, 6.45) is 2.24. The maximum atomic E-state index is 13.4. The molecule has 3 heterocycles. The molecule has 4 rings (SSSR count). The average Bonchev–Trinajstić information content (AvgIpc) is 3.36. The molecule has 0 unspecified atom stereocenters. The zero-order valence-electron chi connectivity index (χ0n) is 21.4. The van der Waals surface area contributed by atoms with Gasteiger partial charge in [0.2, 0.25) is 5.89 Å². The standard InChI is InChI=1S/C27H29F3N6O3/c1-16(33-11-3-10-31)14-17-8-12-36(13-9-17)26(37)24-21(15-32)39-25(35-24)19-4-6-20(38-2)23-18(19)5-7-22(34-23)27(28,29)30/h3-7,10-11,17H,1,8-9,12-15,31-32H2,2H3/b10-3-,33-11-. The molecule has 1 aromatic carbocycles. The first-order valence-corrected chi connectivity index (χ1v) is 12.3. The van der Waals surface area contributed by atoms with E-state index < -0.39 is 11.9 Å². The maximum absolute atomic E-state index is 13.4. The van der Waals surface area contributed by atoms with Crippen molar-refractivity contribution < 1.29 is 27.1 Å². The number of allylic oxidation sites excluding steroid dienone is 2. The normalized spacial score (nSPS) is 15.1. The van der Waals surface area contributed by atoms with Gasteiger partial charge in [0.15, 0.2) is 11.5 Å². The van der Waals surface area contributed by atoms with Crippen molar-refractivity contribution in [3.05, 3.63) is 66.0 Å². The van der Waals surface area contributed by atoms with Gasteiger partial charge in [-0.05, 0) is 61.7 Å². The molecule has 1 fully saturated rings. The molecule has 1 aliphatic heterocycles. The highest BCUT2D eigenvalue weighted by Crippen LogP contribution is 2.37. The van der Waals surface area contributed by atoms with Crippen molar-refractivity contribution in [1.29, 1.82) is 0 Å². The van der Waals surface area contributed by atoms with Crippen molar-refractivity contribution in [3.8, 4) is 17.2 Å². The van der Waals surface area contributed by atoms with E-state index in [9.17, 15) is 18.0 Å². The fourth-order valence-electron chi connectivity index (χ4n) is 4.55.